The summed E-state index contributed by atoms with van der Waals surface area (Å²) < 4.78 is 5.45. The fraction of sp³-hybridized carbons (Fsp3) is 0.500. The zero-order chi connectivity index (χ0) is 12.7. The number of fused-ring (bicyclic) bond motifs is 1. The van der Waals surface area contributed by atoms with Crippen molar-refractivity contribution in [3.05, 3.63) is 29.8 Å². The Bertz CT molecular complexity index is 421. The van der Waals surface area contributed by atoms with Gasteiger partial charge in [0.2, 0.25) is 0 Å². The van der Waals surface area contributed by atoms with Crippen LogP contribution in [0.1, 0.15) is 33.3 Å². The van der Waals surface area contributed by atoms with Gasteiger partial charge in [-0.05, 0) is 39.3 Å². The fourth-order valence-electron chi connectivity index (χ4n) is 2.03. The van der Waals surface area contributed by atoms with E-state index in [0.29, 0.717) is 6.42 Å². The number of rotatable bonds is 1. The molecule has 92 valence electrons. The summed E-state index contributed by atoms with van der Waals surface area (Å²) >= 11 is 0. The van der Waals surface area contributed by atoms with Crippen LogP contribution < -0.4 is 5.32 Å². The van der Waals surface area contributed by atoms with E-state index in [1.165, 1.54) is 5.56 Å². The predicted octanol–water partition coefficient (Wildman–Crippen LogP) is 2.76. The van der Waals surface area contributed by atoms with Crippen molar-refractivity contribution in [2.24, 2.45) is 0 Å². The fourth-order valence-corrected chi connectivity index (χ4v) is 2.03. The summed E-state index contributed by atoms with van der Waals surface area (Å²) in [5.74, 6) is -0.193. The van der Waals surface area contributed by atoms with Crippen LogP contribution in [0.4, 0.5) is 5.69 Å². The first-order valence-corrected chi connectivity index (χ1v) is 5.90. The molecule has 0 spiro atoms. The highest BCUT2D eigenvalue weighted by Crippen LogP contribution is 2.33. The molecule has 0 aromatic heterocycles. The molecule has 0 amide bonds. The molecule has 17 heavy (non-hydrogen) atoms. The number of carbonyl (C=O) groups excluding carboxylic acids is 1. The van der Waals surface area contributed by atoms with Gasteiger partial charge in [-0.3, -0.25) is 0 Å². The van der Waals surface area contributed by atoms with Crippen LogP contribution in [0, 0.1) is 0 Å². The molecule has 0 fully saturated rings. The molecular weight excluding hydrogens is 214 g/mol. The molecule has 0 bridgehead atoms. The lowest BCUT2D eigenvalue weighted by Crippen LogP contribution is -2.45. The van der Waals surface area contributed by atoms with E-state index in [2.05, 4.69) is 5.32 Å². The Balaban J connectivity index is 2.17. The molecule has 0 radical (unpaired) electrons. The van der Waals surface area contributed by atoms with Crippen molar-refractivity contribution >= 4 is 11.7 Å². The quantitative estimate of drug-likeness (QED) is 0.758. The number of para-hydroxylation sites is 1. The van der Waals surface area contributed by atoms with Gasteiger partial charge in [0.1, 0.15) is 11.1 Å². The maximum absolute atomic E-state index is 12.2. The van der Waals surface area contributed by atoms with E-state index >= 15 is 0 Å². The second-order valence-corrected chi connectivity index (χ2v) is 5.79. The van der Waals surface area contributed by atoms with Gasteiger partial charge in [0.25, 0.3) is 0 Å². The first kappa shape index (κ1) is 12.0. The highest BCUT2D eigenvalue weighted by atomic mass is 16.6. The van der Waals surface area contributed by atoms with Crippen molar-refractivity contribution in [3.63, 3.8) is 0 Å². The van der Waals surface area contributed by atoms with Gasteiger partial charge in [-0.2, -0.15) is 0 Å². The Morgan fingerprint density at radius 2 is 2.00 bits per heavy atom. The largest absolute Gasteiger partial charge is 0.458 e. The van der Waals surface area contributed by atoms with Crippen LogP contribution in [0.25, 0.3) is 0 Å². The first-order valence-electron chi connectivity index (χ1n) is 5.90. The topological polar surface area (TPSA) is 38.3 Å². The average molecular weight is 233 g/mol. The summed E-state index contributed by atoms with van der Waals surface area (Å²) in [5, 5.41) is 3.26. The molecule has 1 atom stereocenters. The minimum absolute atomic E-state index is 0.193. The van der Waals surface area contributed by atoms with Crippen molar-refractivity contribution in [2.75, 3.05) is 5.32 Å². The molecule has 0 saturated carbocycles. The summed E-state index contributed by atoms with van der Waals surface area (Å²) in [6.45, 7) is 7.55. The molecule has 3 heteroatoms. The number of anilines is 1. The Morgan fingerprint density at radius 3 is 2.59 bits per heavy atom. The maximum atomic E-state index is 12.2. The Labute approximate surface area is 102 Å². The lowest BCUT2D eigenvalue weighted by molar-refractivity contribution is -0.159. The standard InChI is InChI=1S/C14H19NO2/c1-13(2,3)17-12(16)14(4)9-10-7-5-6-8-11(10)15-14/h5-8,15H,9H2,1-4H3. The summed E-state index contributed by atoms with van der Waals surface area (Å²) in [6, 6.07) is 7.98. The zero-order valence-electron chi connectivity index (χ0n) is 10.8. The van der Waals surface area contributed by atoms with Gasteiger partial charge >= 0.3 is 5.97 Å². The van der Waals surface area contributed by atoms with E-state index in [1.807, 2.05) is 52.0 Å². The van der Waals surface area contributed by atoms with Crippen molar-refractivity contribution in [2.45, 2.75) is 45.3 Å². The summed E-state index contributed by atoms with van der Waals surface area (Å²) in [5.41, 5.74) is 1.11. The highest BCUT2D eigenvalue weighted by Gasteiger charge is 2.41. The number of hydrogen-bond donors (Lipinski definition) is 1. The summed E-state index contributed by atoms with van der Waals surface area (Å²) in [6.07, 6.45) is 0.679. The van der Waals surface area contributed by atoms with Crippen LogP contribution in [0.3, 0.4) is 0 Å². The smallest absolute Gasteiger partial charge is 0.332 e. The van der Waals surface area contributed by atoms with Crippen LogP contribution in [0.2, 0.25) is 0 Å². The normalized spacial score (nSPS) is 22.8. The average Bonchev–Trinajstić information content (AvgIpc) is 2.52. The van der Waals surface area contributed by atoms with E-state index in [4.69, 9.17) is 4.74 Å². The molecule has 1 aromatic carbocycles. The van der Waals surface area contributed by atoms with Crippen LogP contribution in [0.15, 0.2) is 24.3 Å². The Kier molecular flexibility index (Phi) is 2.64. The third kappa shape index (κ3) is 2.43. The van der Waals surface area contributed by atoms with Gasteiger partial charge in [0.15, 0.2) is 0 Å². The highest BCUT2D eigenvalue weighted by molar-refractivity contribution is 5.87. The molecule has 2 rings (SSSR count). The van der Waals surface area contributed by atoms with Crippen LogP contribution in [-0.4, -0.2) is 17.1 Å². The van der Waals surface area contributed by atoms with E-state index in [9.17, 15) is 4.79 Å². The molecule has 1 aliphatic heterocycles. The third-order valence-corrected chi connectivity index (χ3v) is 2.82. The lowest BCUT2D eigenvalue weighted by atomic mass is 9.97. The Morgan fingerprint density at radius 1 is 1.35 bits per heavy atom. The van der Waals surface area contributed by atoms with Crippen molar-refractivity contribution in [1.29, 1.82) is 0 Å². The molecule has 1 heterocycles. The van der Waals surface area contributed by atoms with Gasteiger partial charge in [0, 0.05) is 12.1 Å². The molecule has 1 unspecified atom stereocenters. The van der Waals surface area contributed by atoms with E-state index in [1.54, 1.807) is 0 Å². The summed E-state index contributed by atoms with van der Waals surface area (Å²) in [7, 11) is 0. The second-order valence-electron chi connectivity index (χ2n) is 5.79. The van der Waals surface area contributed by atoms with Crippen molar-refractivity contribution < 1.29 is 9.53 Å². The maximum Gasteiger partial charge on any atom is 0.332 e. The number of ether oxygens (including phenoxy) is 1. The molecule has 1 aromatic rings. The monoisotopic (exact) mass is 233 g/mol. The van der Waals surface area contributed by atoms with E-state index < -0.39 is 11.1 Å². The molecular formula is C14H19NO2. The Hall–Kier alpha value is -1.51. The van der Waals surface area contributed by atoms with Crippen molar-refractivity contribution in [3.8, 4) is 0 Å². The first-order chi connectivity index (χ1) is 7.80. The molecule has 1 aliphatic rings. The summed E-state index contributed by atoms with van der Waals surface area (Å²) in [4.78, 5) is 12.2. The third-order valence-electron chi connectivity index (χ3n) is 2.82. The van der Waals surface area contributed by atoms with Gasteiger partial charge in [-0.25, -0.2) is 4.79 Å². The SMILES string of the molecule is CC(C)(C)OC(=O)C1(C)Cc2ccccc2N1. The van der Waals surface area contributed by atoms with Crippen LogP contribution in [0.5, 0.6) is 0 Å². The minimum Gasteiger partial charge on any atom is -0.458 e. The van der Waals surface area contributed by atoms with Gasteiger partial charge in [-0.15, -0.1) is 0 Å². The lowest BCUT2D eigenvalue weighted by Gasteiger charge is -2.28. The van der Waals surface area contributed by atoms with E-state index in [0.717, 1.165) is 5.69 Å². The van der Waals surface area contributed by atoms with Gasteiger partial charge in [-0.1, -0.05) is 18.2 Å². The number of benzene rings is 1. The number of hydrogen-bond acceptors (Lipinski definition) is 3. The molecule has 3 nitrogen and oxygen atoms in total. The number of nitrogens with one attached hydrogen (secondary N) is 1. The van der Waals surface area contributed by atoms with Gasteiger partial charge < -0.3 is 10.1 Å². The number of esters is 1. The minimum atomic E-state index is -0.642. The van der Waals surface area contributed by atoms with Crippen LogP contribution in [-0.2, 0) is 16.0 Å². The van der Waals surface area contributed by atoms with Crippen LogP contribution >= 0.6 is 0 Å². The van der Waals surface area contributed by atoms with E-state index in [-0.39, 0.29) is 5.97 Å². The van der Waals surface area contributed by atoms with Crippen molar-refractivity contribution in [1.82, 2.24) is 0 Å². The predicted molar refractivity (Wildman–Crippen MR) is 68.0 cm³/mol. The molecule has 1 N–H and O–H groups in total. The zero-order valence-corrected chi connectivity index (χ0v) is 10.8. The number of carbonyl (C=O) groups is 1. The molecule has 0 aliphatic carbocycles. The molecule has 0 saturated heterocycles. The van der Waals surface area contributed by atoms with Gasteiger partial charge in [0.05, 0.1) is 0 Å². The second kappa shape index (κ2) is 3.76.